The van der Waals surface area contributed by atoms with Crippen molar-refractivity contribution >= 4 is 33.0 Å². The standard InChI is InChI=1S/C22H20FN3O7S/c1-32-18-8-5-16(6-9-18)25(34(30,31)19-10-3-15(23)4-11-19)14-22(27)24-20-13-17(26(28)29)7-12-21(20)33-2/h3-13H,14H2,1-2H3,(H,24,27). The summed E-state index contributed by atoms with van der Waals surface area (Å²) in [5, 5.41) is 13.5. The Kier molecular flexibility index (Phi) is 7.31. The van der Waals surface area contributed by atoms with E-state index in [1.165, 1.54) is 50.6 Å². The van der Waals surface area contributed by atoms with Crippen LogP contribution in [0, 0.1) is 15.9 Å². The number of non-ortho nitro benzene ring substituents is 1. The average Bonchev–Trinajstić information content (AvgIpc) is 2.82. The van der Waals surface area contributed by atoms with E-state index in [-0.39, 0.29) is 27.7 Å². The predicted molar refractivity (Wildman–Crippen MR) is 122 cm³/mol. The van der Waals surface area contributed by atoms with Crippen molar-refractivity contribution in [2.24, 2.45) is 0 Å². The van der Waals surface area contributed by atoms with E-state index in [9.17, 15) is 27.7 Å². The Bertz CT molecular complexity index is 1300. The Morgan fingerprint density at radius 1 is 1.03 bits per heavy atom. The first kappa shape index (κ1) is 24.5. The number of hydrogen-bond acceptors (Lipinski definition) is 7. The highest BCUT2D eigenvalue weighted by Gasteiger charge is 2.28. The molecule has 178 valence electrons. The molecule has 0 heterocycles. The highest BCUT2D eigenvalue weighted by Crippen LogP contribution is 2.30. The molecule has 34 heavy (non-hydrogen) atoms. The number of methoxy groups -OCH3 is 2. The molecule has 0 aliphatic heterocycles. The molecule has 3 aromatic rings. The lowest BCUT2D eigenvalue weighted by atomic mass is 10.2. The highest BCUT2D eigenvalue weighted by atomic mass is 32.2. The van der Waals surface area contributed by atoms with Crippen LogP contribution in [0.25, 0.3) is 0 Å². The summed E-state index contributed by atoms with van der Waals surface area (Å²) in [6, 6.07) is 13.7. The van der Waals surface area contributed by atoms with Gasteiger partial charge in [-0.05, 0) is 54.6 Å². The Balaban J connectivity index is 1.97. The van der Waals surface area contributed by atoms with Gasteiger partial charge in [0.05, 0.1) is 35.4 Å². The minimum Gasteiger partial charge on any atom is -0.497 e. The van der Waals surface area contributed by atoms with Gasteiger partial charge in [0.2, 0.25) is 5.91 Å². The zero-order valence-electron chi connectivity index (χ0n) is 18.1. The maximum atomic E-state index is 13.3. The van der Waals surface area contributed by atoms with Gasteiger partial charge in [0, 0.05) is 12.1 Å². The van der Waals surface area contributed by atoms with Gasteiger partial charge >= 0.3 is 0 Å². The van der Waals surface area contributed by atoms with Crippen LogP contribution in [-0.2, 0) is 14.8 Å². The largest absolute Gasteiger partial charge is 0.497 e. The number of carbonyl (C=O) groups is 1. The van der Waals surface area contributed by atoms with Gasteiger partial charge < -0.3 is 14.8 Å². The van der Waals surface area contributed by atoms with Crippen molar-refractivity contribution in [3.8, 4) is 11.5 Å². The SMILES string of the molecule is COc1ccc(N(CC(=O)Nc2cc([N+](=O)[O-])ccc2OC)S(=O)(=O)c2ccc(F)cc2)cc1. The van der Waals surface area contributed by atoms with Crippen molar-refractivity contribution in [2.45, 2.75) is 4.90 Å². The number of nitrogens with zero attached hydrogens (tertiary/aromatic N) is 2. The number of nitro benzene ring substituents is 1. The number of hydrogen-bond donors (Lipinski definition) is 1. The summed E-state index contributed by atoms with van der Waals surface area (Å²) in [6.07, 6.45) is 0. The van der Waals surface area contributed by atoms with E-state index in [2.05, 4.69) is 5.32 Å². The molecule has 1 N–H and O–H groups in total. The first-order valence-corrected chi connectivity index (χ1v) is 11.1. The van der Waals surface area contributed by atoms with Crippen LogP contribution in [0.3, 0.4) is 0 Å². The number of amides is 1. The summed E-state index contributed by atoms with van der Waals surface area (Å²) < 4.78 is 51.1. The van der Waals surface area contributed by atoms with Crippen LogP contribution in [0.2, 0.25) is 0 Å². The van der Waals surface area contributed by atoms with Gasteiger partial charge in [0.15, 0.2) is 0 Å². The molecule has 10 nitrogen and oxygen atoms in total. The van der Waals surface area contributed by atoms with Gasteiger partial charge in [0.25, 0.3) is 15.7 Å². The number of benzene rings is 3. The summed E-state index contributed by atoms with van der Waals surface area (Å²) in [7, 11) is -1.52. The fourth-order valence-corrected chi connectivity index (χ4v) is 4.45. The lowest BCUT2D eigenvalue weighted by molar-refractivity contribution is -0.384. The van der Waals surface area contributed by atoms with Gasteiger partial charge in [-0.25, -0.2) is 12.8 Å². The third-order valence-corrected chi connectivity index (χ3v) is 6.51. The van der Waals surface area contributed by atoms with Crippen molar-refractivity contribution in [1.82, 2.24) is 0 Å². The molecule has 0 spiro atoms. The minimum atomic E-state index is -4.29. The molecule has 0 saturated heterocycles. The topological polar surface area (TPSA) is 128 Å². The number of halogens is 1. The third kappa shape index (κ3) is 5.41. The number of nitro groups is 1. The van der Waals surface area contributed by atoms with E-state index < -0.39 is 33.2 Å². The molecule has 0 atom stereocenters. The second-order valence-electron chi connectivity index (χ2n) is 6.85. The molecule has 0 aliphatic carbocycles. The van der Waals surface area contributed by atoms with Crippen molar-refractivity contribution in [3.63, 3.8) is 0 Å². The molecule has 3 aromatic carbocycles. The van der Waals surface area contributed by atoms with Crippen LogP contribution in [0.4, 0.5) is 21.5 Å². The molecule has 0 saturated carbocycles. The van der Waals surface area contributed by atoms with Crippen LogP contribution in [0.1, 0.15) is 0 Å². The maximum absolute atomic E-state index is 13.3. The predicted octanol–water partition coefficient (Wildman–Crippen LogP) is 3.59. The number of rotatable bonds is 9. The molecule has 0 aliphatic rings. The molecule has 12 heteroatoms. The van der Waals surface area contributed by atoms with E-state index in [1.54, 1.807) is 0 Å². The molecular formula is C22H20FN3O7S. The van der Waals surface area contributed by atoms with E-state index in [4.69, 9.17) is 9.47 Å². The number of nitrogens with one attached hydrogen (secondary N) is 1. The molecule has 0 unspecified atom stereocenters. The van der Waals surface area contributed by atoms with Crippen molar-refractivity contribution in [1.29, 1.82) is 0 Å². The highest BCUT2D eigenvalue weighted by molar-refractivity contribution is 7.92. The Morgan fingerprint density at radius 3 is 2.24 bits per heavy atom. The van der Waals surface area contributed by atoms with E-state index >= 15 is 0 Å². The number of carbonyl (C=O) groups excluding carboxylic acids is 1. The first-order valence-electron chi connectivity index (χ1n) is 9.70. The zero-order chi connectivity index (χ0) is 24.9. The van der Waals surface area contributed by atoms with E-state index in [0.717, 1.165) is 34.6 Å². The summed E-state index contributed by atoms with van der Waals surface area (Å²) in [5.41, 5.74) is -0.149. The maximum Gasteiger partial charge on any atom is 0.271 e. The molecule has 0 radical (unpaired) electrons. The number of anilines is 2. The Hall–Kier alpha value is -4.19. The molecule has 0 fully saturated rings. The van der Waals surface area contributed by atoms with Crippen LogP contribution >= 0.6 is 0 Å². The van der Waals surface area contributed by atoms with E-state index in [0.29, 0.717) is 5.75 Å². The fourth-order valence-electron chi connectivity index (χ4n) is 3.02. The van der Waals surface area contributed by atoms with Gasteiger partial charge in [-0.15, -0.1) is 0 Å². The average molecular weight is 489 g/mol. The second-order valence-corrected chi connectivity index (χ2v) is 8.72. The molecule has 0 bridgehead atoms. The number of ether oxygens (including phenoxy) is 2. The van der Waals surface area contributed by atoms with Gasteiger partial charge in [0.1, 0.15) is 23.9 Å². The summed E-state index contributed by atoms with van der Waals surface area (Å²) in [4.78, 5) is 23.1. The Morgan fingerprint density at radius 2 is 1.68 bits per heavy atom. The summed E-state index contributed by atoms with van der Waals surface area (Å²) in [6.45, 7) is -0.683. The molecule has 0 aromatic heterocycles. The number of sulfonamides is 1. The zero-order valence-corrected chi connectivity index (χ0v) is 18.9. The van der Waals surface area contributed by atoms with Crippen LogP contribution in [0.5, 0.6) is 11.5 Å². The quantitative estimate of drug-likeness (QED) is 0.359. The van der Waals surface area contributed by atoms with Crippen molar-refractivity contribution < 1.29 is 32.0 Å². The minimum absolute atomic E-state index is 0.00411. The second kappa shape index (κ2) is 10.2. The lowest BCUT2D eigenvalue weighted by Gasteiger charge is -2.24. The Labute approximate surface area is 194 Å². The molecule has 1 amide bonds. The van der Waals surface area contributed by atoms with Crippen molar-refractivity contribution in [2.75, 3.05) is 30.4 Å². The summed E-state index contributed by atoms with van der Waals surface area (Å²) >= 11 is 0. The van der Waals surface area contributed by atoms with Gasteiger partial charge in [-0.2, -0.15) is 0 Å². The normalized spacial score (nSPS) is 10.9. The first-order chi connectivity index (χ1) is 16.1. The van der Waals surface area contributed by atoms with Crippen LogP contribution in [-0.4, -0.2) is 40.0 Å². The van der Waals surface area contributed by atoms with Crippen molar-refractivity contribution in [3.05, 3.63) is 82.7 Å². The van der Waals surface area contributed by atoms with E-state index in [1.807, 2.05) is 0 Å². The monoisotopic (exact) mass is 489 g/mol. The molecular weight excluding hydrogens is 469 g/mol. The molecule has 3 rings (SSSR count). The smallest absolute Gasteiger partial charge is 0.271 e. The van der Waals surface area contributed by atoms with Gasteiger partial charge in [-0.1, -0.05) is 0 Å². The third-order valence-electron chi connectivity index (χ3n) is 4.72. The van der Waals surface area contributed by atoms with Crippen LogP contribution < -0.4 is 19.1 Å². The summed E-state index contributed by atoms with van der Waals surface area (Å²) in [5.74, 6) is -0.796. The van der Waals surface area contributed by atoms with Gasteiger partial charge in [-0.3, -0.25) is 19.2 Å². The fraction of sp³-hybridized carbons (Fsp3) is 0.136. The lowest BCUT2D eigenvalue weighted by Crippen LogP contribution is -2.38. The van der Waals surface area contributed by atoms with Crippen LogP contribution in [0.15, 0.2) is 71.6 Å².